The largest absolute Gasteiger partial charge is 0.497 e. The molecule has 4 rings (SSSR count). The molecule has 1 aromatic carbocycles. The Kier molecular flexibility index (Phi) is 4.68. The third-order valence-electron chi connectivity index (χ3n) is 4.58. The minimum Gasteiger partial charge on any atom is -0.497 e. The number of benzene rings is 1. The lowest BCUT2D eigenvalue weighted by Gasteiger charge is -2.27. The molecule has 2 unspecified atom stereocenters. The summed E-state index contributed by atoms with van der Waals surface area (Å²) in [6.45, 7) is 0. The average Bonchev–Trinajstić information content (AvgIpc) is 3.35. The van der Waals surface area contributed by atoms with E-state index >= 15 is 0 Å². The fourth-order valence-corrected chi connectivity index (χ4v) is 3.69. The summed E-state index contributed by atoms with van der Waals surface area (Å²) in [6, 6.07) is 14.9. The van der Waals surface area contributed by atoms with Crippen molar-refractivity contribution in [3.05, 3.63) is 72.4 Å². The van der Waals surface area contributed by atoms with E-state index in [1.54, 1.807) is 26.7 Å². The number of nitrogens with one attached hydrogen (secondary N) is 1. The van der Waals surface area contributed by atoms with Crippen LogP contribution < -0.4 is 19.7 Å². The van der Waals surface area contributed by atoms with Crippen LogP contribution >= 0.6 is 12.2 Å². The molecule has 2 atom stereocenters. The van der Waals surface area contributed by atoms with Crippen molar-refractivity contribution in [2.24, 2.45) is 0 Å². The molecule has 1 fully saturated rings. The predicted octanol–water partition coefficient (Wildman–Crippen LogP) is 3.87. The number of hydrogen-bond donors (Lipinski definition) is 1. The van der Waals surface area contributed by atoms with Gasteiger partial charge >= 0.3 is 0 Å². The Morgan fingerprint density at radius 2 is 2.00 bits per heavy atom. The number of rotatable bonds is 5. The summed E-state index contributed by atoms with van der Waals surface area (Å²) < 4.78 is 16.7. The van der Waals surface area contributed by atoms with Crippen molar-refractivity contribution in [1.82, 2.24) is 10.3 Å². The van der Waals surface area contributed by atoms with Gasteiger partial charge in [0.1, 0.15) is 23.3 Å². The van der Waals surface area contributed by atoms with E-state index in [9.17, 15) is 0 Å². The van der Waals surface area contributed by atoms with Crippen LogP contribution in [0.1, 0.15) is 23.5 Å². The third kappa shape index (κ3) is 3.10. The summed E-state index contributed by atoms with van der Waals surface area (Å²) in [5.41, 5.74) is 1.71. The maximum absolute atomic E-state index is 5.75. The lowest BCUT2D eigenvalue weighted by molar-refractivity contribution is 0.392. The second-order valence-electron chi connectivity index (χ2n) is 6.05. The summed E-state index contributed by atoms with van der Waals surface area (Å²) in [5, 5.41) is 3.96. The first-order chi connectivity index (χ1) is 13.2. The first-order valence-corrected chi connectivity index (χ1v) is 8.90. The second kappa shape index (κ2) is 7.28. The van der Waals surface area contributed by atoms with Crippen molar-refractivity contribution >= 4 is 23.0 Å². The third-order valence-corrected chi connectivity index (χ3v) is 4.89. The zero-order valence-corrected chi connectivity index (χ0v) is 15.8. The normalized spacial score (nSPS) is 19.0. The number of furan rings is 1. The molecule has 1 N–H and O–H groups in total. The molecule has 0 radical (unpaired) electrons. The van der Waals surface area contributed by atoms with Gasteiger partial charge in [0.2, 0.25) is 0 Å². The second-order valence-corrected chi connectivity index (χ2v) is 6.44. The molecule has 3 heterocycles. The lowest BCUT2D eigenvalue weighted by Crippen LogP contribution is -2.29. The smallest absolute Gasteiger partial charge is 0.174 e. The topological polar surface area (TPSA) is 59.8 Å². The average molecular weight is 381 g/mol. The number of aromatic nitrogens is 1. The van der Waals surface area contributed by atoms with Crippen molar-refractivity contribution in [2.45, 2.75) is 12.1 Å². The minimum atomic E-state index is -0.204. The zero-order chi connectivity index (χ0) is 18.8. The Bertz CT molecular complexity index is 931. The maximum Gasteiger partial charge on any atom is 0.174 e. The molecule has 27 heavy (non-hydrogen) atoms. The van der Waals surface area contributed by atoms with Crippen molar-refractivity contribution in [1.29, 1.82) is 0 Å². The number of pyridine rings is 1. The first-order valence-electron chi connectivity index (χ1n) is 8.49. The summed E-state index contributed by atoms with van der Waals surface area (Å²) in [7, 11) is 3.25. The summed E-state index contributed by atoms with van der Waals surface area (Å²) >= 11 is 5.68. The van der Waals surface area contributed by atoms with Crippen LogP contribution in [0.2, 0.25) is 0 Å². The molecule has 1 saturated heterocycles. The van der Waals surface area contributed by atoms with Crippen LogP contribution in [0.3, 0.4) is 0 Å². The van der Waals surface area contributed by atoms with Crippen molar-refractivity contribution in [2.75, 3.05) is 19.1 Å². The molecule has 0 spiro atoms. The van der Waals surface area contributed by atoms with Gasteiger partial charge in [0.05, 0.1) is 37.9 Å². The number of thiocarbonyl (C=S) groups is 1. The molecule has 1 aliphatic heterocycles. The van der Waals surface area contributed by atoms with E-state index in [-0.39, 0.29) is 12.1 Å². The maximum atomic E-state index is 5.75. The number of nitrogens with zero attached hydrogens (tertiary/aromatic N) is 2. The van der Waals surface area contributed by atoms with Gasteiger partial charge in [0.25, 0.3) is 0 Å². The van der Waals surface area contributed by atoms with Crippen molar-refractivity contribution in [3.8, 4) is 11.5 Å². The molecular formula is C20H19N3O3S. The van der Waals surface area contributed by atoms with Gasteiger partial charge in [-0.2, -0.15) is 0 Å². The van der Waals surface area contributed by atoms with E-state index in [4.69, 9.17) is 26.1 Å². The van der Waals surface area contributed by atoms with Gasteiger partial charge in [-0.3, -0.25) is 4.98 Å². The number of ether oxygens (including phenoxy) is 2. The van der Waals surface area contributed by atoms with Crippen LogP contribution in [-0.2, 0) is 0 Å². The van der Waals surface area contributed by atoms with E-state index in [0.29, 0.717) is 16.6 Å². The molecule has 0 bridgehead atoms. The highest BCUT2D eigenvalue weighted by Gasteiger charge is 2.43. The standard InChI is InChI=1S/C20H19N3O3S/c1-24-13-8-9-15(17(12-13)25-2)23-19(16-7-5-11-26-16)18(22-20(23)27)14-6-3-4-10-21-14/h3-12,18-19H,1-2H3,(H,22,27). The fourth-order valence-electron chi connectivity index (χ4n) is 3.35. The molecule has 1 aliphatic rings. The van der Waals surface area contributed by atoms with Gasteiger partial charge < -0.3 is 24.1 Å². The lowest BCUT2D eigenvalue weighted by atomic mass is 10.0. The van der Waals surface area contributed by atoms with E-state index in [2.05, 4.69) is 10.3 Å². The molecule has 0 saturated carbocycles. The van der Waals surface area contributed by atoms with Crippen LogP contribution in [0.25, 0.3) is 0 Å². The summed E-state index contributed by atoms with van der Waals surface area (Å²) in [5.74, 6) is 2.16. The van der Waals surface area contributed by atoms with Crippen LogP contribution in [0.15, 0.2) is 65.4 Å². The highest BCUT2D eigenvalue weighted by atomic mass is 32.1. The molecule has 2 aromatic heterocycles. The Morgan fingerprint density at radius 1 is 1.11 bits per heavy atom. The van der Waals surface area contributed by atoms with Crippen LogP contribution in [0.4, 0.5) is 5.69 Å². The predicted molar refractivity (Wildman–Crippen MR) is 106 cm³/mol. The SMILES string of the molecule is COc1ccc(N2C(=S)NC(c3ccccn3)C2c2ccco2)c(OC)c1. The van der Waals surface area contributed by atoms with Gasteiger partial charge in [0, 0.05) is 12.3 Å². The Morgan fingerprint density at radius 3 is 2.67 bits per heavy atom. The van der Waals surface area contributed by atoms with Crippen molar-refractivity contribution in [3.63, 3.8) is 0 Å². The Hall–Kier alpha value is -3.06. The van der Waals surface area contributed by atoms with Gasteiger partial charge in [-0.25, -0.2) is 0 Å². The first kappa shape index (κ1) is 17.4. The fraction of sp³-hybridized carbons (Fsp3) is 0.200. The molecule has 7 heteroatoms. The minimum absolute atomic E-state index is 0.156. The zero-order valence-electron chi connectivity index (χ0n) is 15.0. The van der Waals surface area contributed by atoms with Gasteiger partial charge in [-0.1, -0.05) is 6.07 Å². The Labute approximate surface area is 162 Å². The highest BCUT2D eigenvalue weighted by Crippen LogP contribution is 2.45. The molecule has 3 aromatic rings. The van der Waals surface area contributed by atoms with Gasteiger partial charge in [0.15, 0.2) is 5.11 Å². The molecule has 6 nitrogen and oxygen atoms in total. The van der Waals surface area contributed by atoms with Crippen LogP contribution in [0, 0.1) is 0 Å². The van der Waals surface area contributed by atoms with Gasteiger partial charge in [-0.05, 0) is 48.6 Å². The van der Waals surface area contributed by atoms with E-state index in [1.807, 2.05) is 53.4 Å². The summed E-state index contributed by atoms with van der Waals surface area (Å²) in [4.78, 5) is 6.52. The molecule has 0 amide bonds. The number of methoxy groups -OCH3 is 2. The summed E-state index contributed by atoms with van der Waals surface area (Å²) in [6.07, 6.45) is 3.44. The van der Waals surface area contributed by atoms with E-state index in [1.165, 1.54) is 0 Å². The quantitative estimate of drug-likeness (QED) is 0.673. The number of anilines is 1. The molecule has 138 valence electrons. The van der Waals surface area contributed by atoms with E-state index < -0.39 is 0 Å². The number of hydrogen-bond acceptors (Lipinski definition) is 5. The van der Waals surface area contributed by atoms with Crippen LogP contribution in [0.5, 0.6) is 11.5 Å². The van der Waals surface area contributed by atoms with Crippen molar-refractivity contribution < 1.29 is 13.9 Å². The van der Waals surface area contributed by atoms with Gasteiger partial charge in [-0.15, -0.1) is 0 Å². The highest BCUT2D eigenvalue weighted by molar-refractivity contribution is 7.80. The van der Waals surface area contributed by atoms with E-state index in [0.717, 1.165) is 17.1 Å². The van der Waals surface area contributed by atoms with Crippen LogP contribution in [-0.4, -0.2) is 24.3 Å². The molecular weight excluding hydrogens is 362 g/mol. The Balaban J connectivity index is 1.83. The molecule has 0 aliphatic carbocycles. The monoisotopic (exact) mass is 381 g/mol.